The zero-order valence-electron chi connectivity index (χ0n) is 14.4. The van der Waals surface area contributed by atoms with Gasteiger partial charge >= 0.3 is 0 Å². The Morgan fingerprint density at radius 3 is 2.04 bits per heavy atom. The first-order valence-electron chi connectivity index (χ1n) is 8.41. The predicted molar refractivity (Wildman–Crippen MR) is 100 cm³/mol. The van der Waals surface area contributed by atoms with Gasteiger partial charge in [0.25, 0.3) is 0 Å². The van der Waals surface area contributed by atoms with E-state index in [1.165, 1.54) is 11.1 Å². The minimum absolute atomic E-state index is 0.0520. The normalized spacial score (nSPS) is 11.9. The van der Waals surface area contributed by atoms with Gasteiger partial charge in [-0.2, -0.15) is 0 Å². The van der Waals surface area contributed by atoms with Gasteiger partial charge in [-0.25, -0.2) is 0 Å². The van der Waals surface area contributed by atoms with Crippen molar-refractivity contribution in [2.45, 2.75) is 19.2 Å². The van der Waals surface area contributed by atoms with E-state index in [1.807, 2.05) is 36.4 Å². The third-order valence-electron chi connectivity index (χ3n) is 4.37. The average Bonchev–Trinajstić information content (AvgIpc) is 2.70. The maximum atomic E-state index is 9.53. The van der Waals surface area contributed by atoms with Crippen molar-refractivity contribution in [1.82, 2.24) is 5.32 Å². The largest absolute Gasteiger partial charge is 0.497 e. The standard InChI is InChI=1S/C22H23NO2/c1-25-21-13-11-18(12-14-21)22(17-7-3-2-4-8-17)23-15-19-9-5-6-10-20(19)16-24/h2-14,22-24H,15-16H2,1H3. The minimum Gasteiger partial charge on any atom is -0.497 e. The fourth-order valence-electron chi connectivity index (χ4n) is 2.97. The van der Waals surface area contributed by atoms with Gasteiger partial charge in [0.15, 0.2) is 0 Å². The molecule has 0 saturated carbocycles. The molecule has 0 bridgehead atoms. The van der Waals surface area contributed by atoms with Gasteiger partial charge in [-0.15, -0.1) is 0 Å². The molecule has 1 unspecified atom stereocenters. The Bertz CT molecular complexity index is 785. The second kappa shape index (κ2) is 8.47. The highest BCUT2D eigenvalue weighted by Crippen LogP contribution is 2.25. The van der Waals surface area contributed by atoms with E-state index < -0.39 is 0 Å². The Balaban J connectivity index is 1.86. The van der Waals surface area contributed by atoms with E-state index in [2.05, 4.69) is 47.8 Å². The first kappa shape index (κ1) is 17.2. The number of methoxy groups -OCH3 is 1. The molecule has 0 heterocycles. The molecule has 0 amide bonds. The molecule has 0 radical (unpaired) electrons. The molecular weight excluding hydrogens is 310 g/mol. The van der Waals surface area contributed by atoms with Gasteiger partial charge in [-0.3, -0.25) is 0 Å². The molecule has 3 aromatic carbocycles. The Hall–Kier alpha value is -2.62. The van der Waals surface area contributed by atoms with Gasteiger partial charge in [0.2, 0.25) is 0 Å². The highest BCUT2D eigenvalue weighted by atomic mass is 16.5. The molecule has 0 aromatic heterocycles. The van der Waals surface area contributed by atoms with Gasteiger partial charge in [-0.1, -0.05) is 66.7 Å². The molecule has 0 aliphatic heterocycles. The number of aliphatic hydroxyl groups is 1. The summed E-state index contributed by atoms with van der Waals surface area (Å²) >= 11 is 0. The van der Waals surface area contributed by atoms with Crippen LogP contribution in [-0.4, -0.2) is 12.2 Å². The van der Waals surface area contributed by atoms with Crippen LogP contribution < -0.4 is 10.1 Å². The summed E-state index contributed by atoms with van der Waals surface area (Å²) in [5.74, 6) is 0.848. The molecule has 3 rings (SSSR count). The molecule has 0 aliphatic rings. The van der Waals surface area contributed by atoms with Crippen LogP contribution in [0.4, 0.5) is 0 Å². The number of ether oxygens (including phenoxy) is 1. The number of hydrogen-bond acceptors (Lipinski definition) is 3. The van der Waals surface area contributed by atoms with Crippen LogP contribution in [0.3, 0.4) is 0 Å². The van der Waals surface area contributed by atoms with Crippen LogP contribution in [0, 0.1) is 0 Å². The first-order valence-corrected chi connectivity index (χ1v) is 8.41. The summed E-state index contributed by atoms with van der Waals surface area (Å²) in [5.41, 5.74) is 4.44. The van der Waals surface area contributed by atoms with E-state index in [-0.39, 0.29) is 12.6 Å². The molecular formula is C22H23NO2. The van der Waals surface area contributed by atoms with Crippen LogP contribution in [0.1, 0.15) is 28.3 Å². The topological polar surface area (TPSA) is 41.5 Å². The van der Waals surface area contributed by atoms with Gasteiger partial charge in [0.05, 0.1) is 19.8 Å². The smallest absolute Gasteiger partial charge is 0.118 e. The molecule has 0 saturated heterocycles. The lowest BCUT2D eigenvalue weighted by molar-refractivity contribution is 0.280. The maximum absolute atomic E-state index is 9.53. The van der Waals surface area contributed by atoms with Crippen LogP contribution in [0.2, 0.25) is 0 Å². The second-order valence-electron chi connectivity index (χ2n) is 5.92. The quantitative estimate of drug-likeness (QED) is 0.685. The van der Waals surface area contributed by atoms with Crippen molar-refractivity contribution < 1.29 is 9.84 Å². The fourth-order valence-corrected chi connectivity index (χ4v) is 2.97. The predicted octanol–water partition coefficient (Wildman–Crippen LogP) is 4.07. The molecule has 3 nitrogen and oxygen atoms in total. The van der Waals surface area contributed by atoms with Gasteiger partial charge in [0, 0.05) is 6.54 Å². The molecule has 25 heavy (non-hydrogen) atoms. The van der Waals surface area contributed by atoms with Gasteiger partial charge in [-0.05, 0) is 34.4 Å². The zero-order chi connectivity index (χ0) is 17.5. The van der Waals surface area contributed by atoms with Crippen molar-refractivity contribution in [1.29, 1.82) is 0 Å². The molecule has 0 spiro atoms. The molecule has 128 valence electrons. The van der Waals surface area contributed by atoms with E-state index in [1.54, 1.807) is 7.11 Å². The summed E-state index contributed by atoms with van der Waals surface area (Å²) < 4.78 is 5.27. The molecule has 3 heteroatoms. The summed E-state index contributed by atoms with van der Waals surface area (Å²) in [6, 6.07) is 26.5. The van der Waals surface area contributed by atoms with Crippen LogP contribution >= 0.6 is 0 Å². The fraction of sp³-hybridized carbons (Fsp3) is 0.182. The third-order valence-corrected chi connectivity index (χ3v) is 4.37. The SMILES string of the molecule is COc1ccc(C(NCc2ccccc2CO)c2ccccc2)cc1. The zero-order valence-corrected chi connectivity index (χ0v) is 14.4. The number of benzene rings is 3. The maximum Gasteiger partial charge on any atom is 0.118 e. The van der Waals surface area contributed by atoms with Crippen LogP contribution in [-0.2, 0) is 13.2 Å². The van der Waals surface area contributed by atoms with E-state index in [0.29, 0.717) is 6.54 Å². The van der Waals surface area contributed by atoms with Crippen LogP contribution in [0.25, 0.3) is 0 Å². The summed E-state index contributed by atoms with van der Waals surface area (Å²) in [4.78, 5) is 0. The van der Waals surface area contributed by atoms with Crippen molar-refractivity contribution in [2.75, 3.05) is 7.11 Å². The van der Waals surface area contributed by atoms with E-state index >= 15 is 0 Å². The second-order valence-corrected chi connectivity index (χ2v) is 5.92. The number of hydrogen-bond donors (Lipinski definition) is 2. The molecule has 2 N–H and O–H groups in total. The summed E-state index contributed by atoms with van der Waals surface area (Å²) in [6.07, 6.45) is 0. The Kier molecular flexibility index (Phi) is 5.83. The average molecular weight is 333 g/mol. The number of rotatable bonds is 7. The lowest BCUT2D eigenvalue weighted by Crippen LogP contribution is -2.22. The lowest BCUT2D eigenvalue weighted by atomic mass is 9.98. The molecule has 0 fully saturated rings. The monoisotopic (exact) mass is 333 g/mol. The van der Waals surface area contributed by atoms with Crippen molar-refractivity contribution in [3.8, 4) is 5.75 Å². The van der Waals surface area contributed by atoms with Crippen molar-refractivity contribution in [3.05, 3.63) is 101 Å². The van der Waals surface area contributed by atoms with E-state index in [4.69, 9.17) is 4.74 Å². The third kappa shape index (κ3) is 4.27. The molecule has 1 atom stereocenters. The Morgan fingerprint density at radius 1 is 0.800 bits per heavy atom. The highest BCUT2D eigenvalue weighted by Gasteiger charge is 2.14. The van der Waals surface area contributed by atoms with Gasteiger partial charge < -0.3 is 15.2 Å². The Labute approximate surface area is 148 Å². The van der Waals surface area contributed by atoms with E-state index in [0.717, 1.165) is 16.9 Å². The van der Waals surface area contributed by atoms with Crippen molar-refractivity contribution in [2.24, 2.45) is 0 Å². The van der Waals surface area contributed by atoms with Crippen molar-refractivity contribution in [3.63, 3.8) is 0 Å². The summed E-state index contributed by atoms with van der Waals surface area (Å²) in [7, 11) is 1.67. The highest BCUT2D eigenvalue weighted by molar-refractivity contribution is 5.36. The van der Waals surface area contributed by atoms with E-state index in [9.17, 15) is 5.11 Å². The number of nitrogens with one attached hydrogen (secondary N) is 1. The lowest BCUT2D eigenvalue weighted by Gasteiger charge is -2.21. The first-order chi connectivity index (χ1) is 12.3. The molecule has 0 aliphatic carbocycles. The summed E-state index contributed by atoms with van der Waals surface area (Å²) in [5, 5.41) is 13.2. The molecule has 3 aromatic rings. The van der Waals surface area contributed by atoms with Crippen LogP contribution in [0.5, 0.6) is 5.75 Å². The van der Waals surface area contributed by atoms with Crippen LogP contribution in [0.15, 0.2) is 78.9 Å². The summed E-state index contributed by atoms with van der Waals surface area (Å²) in [6.45, 7) is 0.735. The number of aliphatic hydroxyl groups excluding tert-OH is 1. The Morgan fingerprint density at radius 2 is 1.40 bits per heavy atom. The van der Waals surface area contributed by atoms with Crippen molar-refractivity contribution >= 4 is 0 Å². The minimum atomic E-state index is 0.0520. The van der Waals surface area contributed by atoms with Gasteiger partial charge in [0.1, 0.15) is 5.75 Å².